The van der Waals surface area contributed by atoms with Crippen molar-refractivity contribution >= 4 is 23.0 Å². The molecule has 22 heavy (non-hydrogen) atoms. The molecule has 0 aliphatic carbocycles. The molecule has 1 N–H and O–H groups in total. The van der Waals surface area contributed by atoms with Crippen LogP contribution in [0.4, 0.5) is 5.69 Å². The van der Waals surface area contributed by atoms with Gasteiger partial charge in [-0.3, -0.25) is 9.20 Å². The molecule has 4 heterocycles. The van der Waals surface area contributed by atoms with Gasteiger partial charge in [0.2, 0.25) is 5.78 Å². The zero-order valence-electron chi connectivity index (χ0n) is 11.6. The lowest BCUT2D eigenvalue weighted by atomic mass is 10.3. The van der Waals surface area contributed by atoms with Crippen LogP contribution in [0.3, 0.4) is 0 Å². The molecule has 0 aromatic carbocycles. The van der Waals surface area contributed by atoms with Crippen molar-refractivity contribution in [1.82, 2.24) is 29.0 Å². The van der Waals surface area contributed by atoms with Crippen LogP contribution < -0.4 is 5.32 Å². The Morgan fingerprint density at radius 3 is 2.95 bits per heavy atom. The second kappa shape index (κ2) is 4.62. The molecule has 0 spiro atoms. The SMILES string of the molecule is Cc1cnc2c(NC(=O)c3cnc4nccn4c3)cnn2c1. The van der Waals surface area contributed by atoms with E-state index in [1.807, 2.05) is 13.1 Å². The molecule has 0 saturated heterocycles. The van der Waals surface area contributed by atoms with E-state index in [0.717, 1.165) is 5.56 Å². The Morgan fingerprint density at radius 2 is 2.05 bits per heavy atom. The molecule has 0 radical (unpaired) electrons. The first-order valence-corrected chi connectivity index (χ1v) is 6.61. The van der Waals surface area contributed by atoms with Crippen LogP contribution in [0.25, 0.3) is 11.4 Å². The molecule has 0 aliphatic heterocycles. The Hall–Kier alpha value is -3.29. The van der Waals surface area contributed by atoms with Crippen LogP contribution in [0.1, 0.15) is 15.9 Å². The van der Waals surface area contributed by atoms with Gasteiger partial charge in [0.25, 0.3) is 5.91 Å². The molecule has 4 aromatic heterocycles. The molecule has 1 amide bonds. The van der Waals surface area contributed by atoms with Gasteiger partial charge in [-0.25, -0.2) is 19.5 Å². The number of fused-ring (bicyclic) bond motifs is 2. The molecular formula is C14H11N7O. The van der Waals surface area contributed by atoms with E-state index in [4.69, 9.17) is 0 Å². The monoisotopic (exact) mass is 293 g/mol. The summed E-state index contributed by atoms with van der Waals surface area (Å²) in [7, 11) is 0. The van der Waals surface area contributed by atoms with E-state index in [0.29, 0.717) is 22.7 Å². The first-order chi connectivity index (χ1) is 10.7. The van der Waals surface area contributed by atoms with Gasteiger partial charge in [-0.2, -0.15) is 5.10 Å². The van der Waals surface area contributed by atoms with Gasteiger partial charge < -0.3 is 5.32 Å². The maximum atomic E-state index is 12.3. The molecule has 0 aliphatic rings. The lowest BCUT2D eigenvalue weighted by molar-refractivity contribution is 0.102. The van der Waals surface area contributed by atoms with Gasteiger partial charge in [-0.05, 0) is 12.5 Å². The zero-order valence-corrected chi connectivity index (χ0v) is 11.6. The zero-order chi connectivity index (χ0) is 15.1. The summed E-state index contributed by atoms with van der Waals surface area (Å²) in [4.78, 5) is 24.8. The van der Waals surface area contributed by atoms with Crippen LogP contribution in [0.15, 0.2) is 43.4 Å². The molecular weight excluding hydrogens is 282 g/mol. The van der Waals surface area contributed by atoms with Crippen LogP contribution >= 0.6 is 0 Å². The van der Waals surface area contributed by atoms with Crippen molar-refractivity contribution in [3.8, 4) is 0 Å². The predicted octanol–water partition coefficient (Wildman–Crippen LogP) is 1.33. The minimum Gasteiger partial charge on any atom is -0.317 e. The van der Waals surface area contributed by atoms with Crippen molar-refractivity contribution < 1.29 is 4.79 Å². The first-order valence-electron chi connectivity index (χ1n) is 6.61. The van der Waals surface area contributed by atoms with Gasteiger partial charge in [-0.1, -0.05) is 0 Å². The molecule has 0 unspecified atom stereocenters. The highest BCUT2D eigenvalue weighted by atomic mass is 16.1. The number of imidazole rings is 1. The van der Waals surface area contributed by atoms with Crippen LogP contribution in [-0.2, 0) is 0 Å². The number of aromatic nitrogens is 6. The lowest BCUT2D eigenvalue weighted by Gasteiger charge is -2.03. The van der Waals surface area contributed by atoms with Crippen molar-refractivity contribution in [3.63, 3.8) is 0 Å². The number of rotatable bonds is 2. The maximum Gasteiger partial charge on any atom is 0.258 e. The number of nitrogens with zero attached hydrogens (tertiary/aromatic N) is 6. The van der Waals surface area contributed by atoms with Crippen molar-refractivity contribution in [3.05, 3.63) is 54.5 Å². The summed E-state index contributed by atoms with van der Waals surface area (Å²) in [6, 6.07) is 0. The fourth-order valence-corrected chi connectivity index (χ4v) is 2.18. The van der Waals surface area contributed by atoms with E-state index >= 15 is 0 Å². The van der Waals surface area contributed by atoms with Crippen molar-refractivity contribution in [1.29, 1.82) is 0 Å². The normalized spacial score (nSPS) is 11.1. The molecule has 4 aromatic rings. The molecule has 8 nitrogen and oxygen atoms in total. The van der Waals surface area contributed by atoms with E-state index in [9.17, 15) is 4.79 Å². The Labute approximate surface area is 124 Å². The number of anilines is 1. The molecule has 8 heteroatoms. The number of hydrogen-bond acceptors (Lipinski definition) is 5. The number of aryl methyl sites for hydroxylation is 1. The summed E-state index contributed by atoms with van der Waals surface area (Å²) in [5, 5.41) is 6.98. The summed E-state index contributed by atoms with van der Waals surface area (Å²) in [5.74, 6) is 0.269. The van der Waals surface area contributed by atoms with Gasteiger partial charge in [0.05, 0.1) is 11.8 Å². The topological polar surface area (TPSA) is 89.5 Å². The van der Waals surface area contributed by atoms with Gasteiger partial charge in [0, 0.05) is 37.2 Å². The van der Waals surface area contributed by atoms with E-state index in [-0.39, 0.29) is 5.91 Å². The van der Waals surface area contributed by atoms with E-state index < -0.39 is 0 Å². The Morgan fingerprint density at radius 1 is 1.14 bits per heavy atom. The molecule has 0 saturated carbocycles. The van der Waals surface area contributed by atoms with Gasteiger partial charge in [0.1, 0.15) is 5.69 Å². The molecule has 108 valence electrons. The second-order valence-corrected chi connectivity index (χ2v) is 4.89. The number of nitrogens with one attached hydrogen (secondary N) is 1. The molecule has 0 bridgehead atoms. The highest BCUT2D eigenvalue weighted by Gasteiger charge is 2.12. The maximum absolute atomic E-state index is 12.3. The molecule has 0 fully saturated rings. The van der Waals surface area contributed by atoms with E-state index in [1.54, 1.807) is 39.9 Å². The summed E-state index contributed by atoms with van der Waals surface area (Å²) in [6.45, 7) is 1.93. The Kier molecular flexibility index (Phi) is 2.62. The molecule has 0 atom stereocenters. The first kappa shape index (κ1) is 12.5. The number of carbonyl (C=O) groups is 1. The summed E-state index contributed by atoms with van der Waals surface area (Å²) in [6.07, 6.45) is 11.7. The fourth-order valence-electron chi connectivity index (χ4n) is 2.18. The van der Waals surface area contributed by atoms with Gasteiger partial charge in [-0.15, -0.1) is 0 Å². The average molecular weight is 293 g/mol. The van der Waals surface area contributed by atoms with Crippen LogP contribution in [0.2, 0.25) is 0 Å². The third kappa shape index (κ3) is 1.97. The van der Waals surface area contributed by atoms with Crippen LogP contribution in [0.5, 0.6) is 0 Å². The smallest absolute Gasteiger partial charge is 0.258 e. The number of amides is 1. The largest absolute Gasteiger partial charge is 0.317 e. The number of carbonyl (C=O) groups excluding carboxylic acids is 1. The lowest BCUT2D eigenvalue weighted by Crippen LogP contribution is -2.13. The minimum atomic E-state index is -0.277. The minimum absolute atomic E-state index is 0.277. The standard InChI is InChI=1S/C14H11N7O/c1-9-4-16-12-11(6-18-21(12)7-9)19-13(22)10-5-17-14-15-2-3-20(14)8-10/h2-8H,1H3,(H,19,22). The van der Waals surface area contributed by atoms with Crippen molar-refractivity contribution in [2.75, 3.05) is 5.32 Å². The summed E-state index contributed by atoms with van der Waals surface area (Å²) in [5.41, 5.74) is 2.56. The fraction of sp³-hybridized carbons (Fsp3) is 0.0714. The summed E-state index contributed by atoms with van der Waals surface area (Å²) >= 11 is 0. The quantitative estimate of drug-likeness (QED) is 0.602. The Bertz CT molecular complexity index is 1000. The Balaban J connectivity index is 1.67. The van der Waals surface area contributed by atoms with E-state index in [2.05, 4.69) is 25.4 Å². The van der Waals surface area contributed by atoms with Crippen LogP contribution in [0, 0.1) is 6.92 Å². The highest BCUT2D eigenvalue weighted by molar-refractivity contribution is 6.05. The average Bonchev–Trinajstić information content (AvgIpc) is 3.13. The van der Waals surface area contributed by atoms with Gasteiger partial charge >= 0.3 is 0 Å². The molecule has 4 rings (SSSR count). The third-order valence-electron chi connectivity index (χ3n) is 3.24. The number of hydrogen-bond donors (Lipinski definition) is 1. The summed E-state index contributed by atoms with van der Waals surface area (Å²) < 4.78 is 3.31. The third-order valence-corrected chi connectivity index (χ3v) is 3.24. The predicted molar refractivity (Wildman–Crippen MR) is 78.7 cm³/mol. The van der Waals surface area contributed by atoms with Crippen molar-refractivity contribution in [2.24, 2.45) is 0 Å². The second-order valence-electron chi connectivity index (χ2n) is 4.89. The highest BCUT2D eigenvalue weighted by Crippen LogP contribution is 2.15. The van der Waals surface area contributed by atoms with Crippen molar-refractivity contribution in [2.45, 2.75) is 6.92 Å². The van der Waals surface area contributed by atoms with Crippen LogP contribution in [-0.4, -0.2) is 34.9 Å². The van der Waals surface area contributed by atoms with E-state index in [1.165, 1.54) is 6.20 Å². The van der Waals surface area contributed by atoms with Gasteiger partial charge in [0.15, 0.2) is 5.65 Å².